The Hall–Kier alpha value is -1.56. The van der Waals surface area contributed by atoms with Crippen LogP contribution in [0.1, 0.15) is 18.4 Å². The van der Waals surface area contributed by atoms with Crippen molar-refractivity contribution in [2.75, 3.05) is 0 Å². The van der Waals surface area contributed by atoms with E-state index in [0.29, 0.717) is 5.56 Å². The Labute approximate surface area is 140 Å². The van der Waals surface area contributed by atoms with Crippen molar-refractivity contribution in [2.45, 2.75) is 29.8 Å². The van der Waals surface area contributed by atoms with Crippen LogP contribution in [-0.2, 0) is 26.7 Å². The lowest BCUT2D eigenvalue weighted by molar-refractivity contribution is 0.475. The van der Waals surface area contributed by atoms with Crippen LogP contribution in [0, 0.1) is 0 Å². The fourth-order valence-electron chi connectivity index (χ4n) is 2.51. The zero-order valence-electron chi connectivity index (χ0n) is 12.6. The van der Waals surface area contributed by atoms with E-state index in [1.54, 1.807) is 6.07 Å². The Morgan fingerprint density at radius 2 is 1.62 bits per heavy atom. The third-order valence-electron chi connectivity index (χ3n) is 3.65. The van der Waals surface area contributed by atoms with Crippen LogP contribution >= 0.6 is 0 Å². The van der Waals surface area contributed by atoms with Crippen molar-refractivity contribution in [3.63, 3.8) is 0 Å². The van der Waals surface area contributed by atoms with Gasteiger partial charge in [-0.25, -0.2) is 0 Å². The van der Waals surface area contributed by atoms with Gasteiger partial charge in [-0.3, -0.25) is 9.11 Å². The second-order valence-electron chi connectivity index (χ2n) is 5.63. The van der Waals surface area contributed by atoms with Gasteiger partial charge in [-0.1, -0.05) is 24.3 Å². The average Bonchev–Trinajstić information content (AvgIpc) is 2.43. The molecule has 0 radical (unpaired) electrons. The van der Waals surface area contributed by atoms with Crippen LogP contribution in [0.4, 0.5) is 0 Å². The predicted molar refractivity (Wildman–Crippen MR) is 88.0 cm³/mol. The lowest BCUT2D eigenvalue weighted by atomic mass is 9.94. The van der Waals surface area contributed by atoms with Gasteiger partial charge in [0.25, 0.3) is 20.2 Å². The van der Waals surface area contributed by atoms with Crippen molar-refractivity contribution in [3.8, 4) is 0 Å². The van der Waals surface area contributed by atoms with Crippen molar-refractivity contribution in [2.24, 2.45) is 11.5 Å². The number of nitrogens with two attached hydrogens (primary N) is 2. The third-order valence-corrected chi connectivity index (χ3v) is 5.63. The Bertz CT molecular complexity index is 914. The highest BCUT2D eigenvalue weighted by Crippen LogP contribution is 2.29. The molecule has 8 nitrogen and oxygen atoms in total. The van der Waals surface area contributed by atoms with Crippen molar-refractivity contribution in [1.82, 2.24) is 0 Å². The predicted octanol–water partition coefficient (Wildman–Crippen LogP) is 0.581. The van der Waals surface area contributed by atoms with Crippen LogP contribution in [0.15, 0.2) is 51.8 Å². The largest absolute Gasteiger partial charge is 0.310 e. The number of rotatable bonds is 5. The van der Waals surface area contributed by atoms with Gasteiger partial charge in [-0.15, -0.1) is 0 Å². The molecule has 0 spiro atoms. The fourth-order valence-corrected chi connectivity index (χ4v) is 4.20. The first-order chi connectivity index (χ1) is 10.9. The van der Waals surface area contributed by atoms with E-state index in [0.717, 1.165) is 0 Å². The van der Waals surface area contributed by atoms with E-state index in [2.05, 4.69) is 0 Å². The Balaban J connectivity index is 2.35. The summed E-state index contributed by atoms with van der Waals surface area (Å²) >= 11 is 0. The molecule has 0 aromatic heterocycles. The summed E-state index contributed by atoms with van der Waals surface area (Å²) in [7, 11) is -8.88. The standard InChI is InChI=1S/C14H18N2O6S2/c15-14(16)8-7-11(13(9-14)24(20,21)22)6-5-10-3-1-2-4-12(10)23(17,18)19/h1-4,7-8H,5-6,9,15-16H2,(H,17,18,19)(H,20,21,22). The molecule has 24 heavy (non-hydrogen) atoms. The summed E-state index contributed by atoms with van der Waals surface area (Å²) in [6.07, 6.45) is 2.82. The first kappa shape index (κ1) is 18.8. The number of aryl methyl sites for hydroxylation is 1. The molecule has 0 amide bonds. The van der Waals surface area contributed by atoms with Gasteiger partial charge in [0.05, 0.1) is 15.5 Å². The van der Waals surface area contributed by atoms with Gasteiger partial charge in [0.15, 0.2) is 0 Å². The number of hydrogen-bond donors (Lipinski definition) is 4. The highest BCUT2D eigenvalue weighted by molar-refractivity contribution is 7.89. The second kappa shape index (κ2) is 6.39. The molecule has 6 N–H and O–H groups in total. The topological polar surface area (TPSA) is 161 Å². The van der Waals surface area contributed by atoms with Gasteiger partial charge in [-0.2, -0.15) is 16.8 Å². The van der Waals surface area contributed by atoms with Crippen molar-refractivity contribution in [1.29, 1.82) is 0 Å². The molecule has 0 heterocycles. The summed E-state index contributed by atoms with van der Waals surface area (Å²) in [5, 5.41) is 0. The van der Waals surface area contributed by atoms with Crippen LogP contribution in [0.2, 0.25) is 0 Å². The van der Waals surface area contributed by atoms with Crippen molar-refractivity contribution >= 4 is 20.2 Å². The lowest BCUT2D eigenvalue weighted by Gasteiger charge is -2.26. The van der Waals surface area contributed by atoms with Crippen LogP contribution in [-0.4, -0.2) is 31.6 Å². The van der Waals surface area contributed by atoms with Crippen LogP contribution in [0.3, 0.4) is 0 Å². The maximum atomic E-state index is 11.5. The minimum absolute atomic E-state index is 0.119. The average molecular weight is 374 g/mol. The smallest absolute Gasteiger partial charge is 0.294 e. The summed E-state index contributed by atoms with van der Waals surface area (Å²) in [5.41, 5.74) is 10.6. The van der Waals surface area contributed by atoms with Crippen LogP contribution in [0.5, 0.6) is 0 Å². The van der Waals surface area contributed by atoms with E-state index >= 15 is 0 Å². The molecular weight excluding hydrogens is 356 g/mol. The normalized spacial score (nSPS) is 18.0. The highest BCUT2D eigenvalue weighted by atomic mass is 32.2. The first-order valence-electron chi connectivity index (χ1n) is 6.92. The van der Waals surface area contributed by atoms with Gasteiger partial charge in [0.1, 0.15) is 0 Å². The minimum Gasteiger partial charge on any atom is -0.310 e. The molecule has 1 aromatic carbocycles. The number of hydrogen-bond acceptors (Lipinski definition) is 6. The van der Waals surface area contributed by atoms with E-state index in [-0.39, 0.29) is 34.6 Å². The zero-order chi connectivity index (χ0) is 18.2. The monoisotopic (exact) mass is 374 g/mol. The molecule has 0 atom stereocenters. The van der Waals surface area contributed by atoms with E-state index in [9.17, 15) is 25.9 Å². The van der Waals surface area contributed by atoms with Gasteiger partial charge in [-0.05, 0) is 36.1 Å². The first-order valence-corrected chi connectivity index (χ1v) is 9.80. The molecule has 0 saturated heterocycles. The van der Waals surface area contributed by atoms with Gasteiger partial charge in [0, 0.05) is 6.42 Å². The Morgan fingerprint density at radius 3 is 2.21 bits per heavy atom. The zero-order valence-corrected chi connectivity index (χ0v) is 14.2. The minimum atomic E-state index is -4.49. The van der Waals surface area contributed by atoms with Gasteiger partial charge in [0.2, 0.25) is 0 Å². The molecule has 10 heteroatoms. The van der Waals surface area contributed by atoms with Gasteiger partial charge < -0.3 is 11.5 Å². The molecule has 0 saturated carbocycles. The summed E-state index contributed by atoms with van der Waals surface area (Å²) in [6.45, 7) is 0. The molecule has 0 fully saturated rings. The Morgan fingerprint density at radius 1 is 1.00 bits per heavy atom. The number of allylic oxidation sites excluding steroid dienone is 2. The molecular formula is C14H18N2O6S2. The van der Waals surface area contributed by atoms with E-state index in [4.69, 9.17) is 11.5 Å². The third kappa shape index (κ3) is 4.50. The van der Waals surface area contributed by atoms with Crippen LogP contribution in [0.25, 0.3) is 0 Å². The molecule has 2 rings (SSSR count). The SMILES string of the molecule is NC1(N)C=CC(CCc2ccccc2S(=O)(=O)O)=C(S(=O)(=O)O)C1. The van der Waals surface area contributed by atoms with Crippen LogP contribution < -0.4 is 11.5 Å². The molecule has 1 aromatic rings. The highest BCUT2D eigenvalue weighted by Gasteiger charge is 2.30. The van der Waals surface area contributed by atoms with Crippen molar-refractivity contribution in [3.05, 3.63) is 52.5 Å². The maximum absolute atomic E-state index is 11.5. The summed E-state index contributed by atoms with van der Waals surface area (Å²) in [5.74, 6) is 0. The fraction of sp³-hybridized carbons (Fsp3) is 0.286. The van der Waals surface area contributed by atoms with Crippen molar-refractivity contribution < 1.29 is 25.9 Å². The molecule has 1 aliphatic rings. The lowest BCUT2D eigenvalue weighted by Crippen LogP contribution is -2.49. The Kier molecular flexibility index (Phi) is 5.00. The summed E-state index contributed by atoms with van der Waals surface area (Å²) < 4.78 is 64.4. The van der Waals surface area contributed by atoms with E-state index in [1.807, 2.05) is 0 Å². The molecule has 0 unspecified atom stereocenters. The summed E-state index contributed by atoms with van der Waals surface area (Å²) in [6, 6.07) is 5.83. The molecule has 1 aliphatic carbocycles. The molecule has 0 bridgehead atoms. The second-order valence-corrected chi connectivity index (χ2v) is 8.46. The molecule has 0 aliphatic heterocycles. The van der Waals surface area contributed by atoms with E-state index < -0.39 is 25.9 Å². The van der Waals surface area contributed by atoms with E-state index in [1.165, 1.54) is 30.4 Å². The maximum Gasteiger partial charge on any atom is 0.294 e. The molecule has 132 valence electrons. The quantitative estimate of drug-likeness (QED) is 0.430. The number of benzene rings is 1. The van der Waals surface area contributed by atoms with Gasteiger partial charge >= 0.3 is 0 Å². The summed E-state index contributed by atoms with van der Waals surface area (Å²) in [4.78, 5) is -0.537.